The molecule has 2 aromatic carbocycles. The lowest BCUT2D eigenvalue weighted by Gasteiger charge is -2.27. The first-order chi connectivity index (χ1) is 17.3. The van der Waals surface area contributed by atoms with Crippen LogP contribution in [0.5, 0.6) is 5.75 Å². The fourth-order valence-corrected chi connectivity index (χ4v) is 4.55. The molecule has 0 aromatic heterocycles. The molecule has 1 amide bonds. The van der Waals surface area contributed by atoms with Gasteiger partial charge in [-0.2, -0.15) is 0 Å². The third-order valence-corrected chi connectivity index (χ3v) is 6.66. The monoisotopic (exact) mass is 506 g/mol. The SMILES string of the molecule is Cc1cc(C(O)=C2C(=O)C(=O)N(CCCN(C)C)[C@@H]2c2ccc(C(C)(C)C)cc2)ccc1OCC(C)C. The highest BCUT2D eigenvalue weighted by Gasteiger charge is 2.45. The molecule has 0 saturated carbocycles. The first kappa shape index (κ1) is 28.5. The molecule has 1 saturated heterocycles. The lowest BCUT2D eigenvalue weighted by atomic mass is 9.85. The van der Waals surface area contributed by atoms with E-state index >= 15 is 0 Å². The molecule has 1 heterocycles. The number of hydrogen-bond acceptors (Lipinski definition) is 5. The minimum Gasteiger partial charge on any atom is -0.507 e. The zero-order valence-electron chi connectivity index (χ0n) is 23.6. The Morgan fingerprint density at radius 3 is 2.27 bits per heavy atom. The van der Waals surface area contributed by atoms with Crippen LogP contribution in [0.15, 0.2) is 48.0 Å². The number of amides is 1. The van der Waals surface area contributed by atoms with Gasteiger partial charge < -0.3 is 19.6 Å². The van der Waals surface area contributed by atoms with Crippen LogP contribution in [-0.4, -0.2) is 60.4 Å². The van der Waals surface area contributed by atoms with E-state index in [9.17, 15) is 14.7 Å². The van der Waals surface area contributed by atoms with Gasteiger partial charge in [-0.1, -0.05) is 58.9 Å². The molecule has 3 rings (SSSR count). The van der Waals surface area contributed by atoms with Gasteiger partial charge >= 0.3 is 0 Å². The van der Waals surface area contributed by atoms with Crippen molar-refractivity contribution in [3.8, 4) is 5.75 Å². The number of hydrogen-bond donors (Lipinski definition) is 1. The fourth-order valence-electron chi connectivity index (χ4n) is 4.55. The molecule has 0 radical (unpaired) electrons. The second-order valence-corrected chi connectivity index (χ2v) is 11.7. The largest absolute Gasteiger partial charge is 0.507 e. The van der Waals surface area contributed by atoms with Crippen LogP contribution in [0.2, 0.25) is 0 Å². The molecule has 6 heteroatoms. The van der Waals surface area contributed by atoms with Crippen LogP contribution in [0.4, 0.5) is 0 Å². The van der Waals surface area contributed by atoms with Crippen LogP contribution in [-0.2, 0) is 15.0 Å². The number of aliphatic hydroxyl groups is 1. The summed E-state index contributed by atoms with van der Waals surface area (Å²) < 4.78 is 5.88. The molecule has 0 bridgehead atoms. The quantitative estimate of drug-likeness (QED) is 0.268. The number of Topliss-reactive ketones (excluding diaryl/α,β-unsaturated/α-hetero) is 1. The molecular weight excluding hydrogens is 464 g/mol. The Kier molecular flexibility index (Phi) is 8.85. The number of carbonyl (C=O) groups is 2. The van der Waals surface area contributed by atoms with Gasteiger partial charge in [-0.3, -0.25) is 9.59 Å². The number of ether oxygens (including phenoxy) is 1. The van der Waals surface area contributed by atoms with Gasteiger partial charge in [-0.25, -0.2) is 0 Å². The number of rotatable bonds is 9. The van der Waals surface area contributed by atoms with Crippen molar-refractivity contribution >= 4 is 17.4 Å². The third kappa shape index (κ3) is 6.61. The zero-order chi connectivity index (χ0) is 27.5. The Hall–Kier alpha value is -3.12. The minimum atomic E-state index is -0.648. The number of benzene rings is 2. The summed E-state index contributed by atoms with van der Waals surface area (Å²) in [5.41, 5.74) is 3.44. The fraction of sp³-hybridized carbons (Fsp3) is 0.484. The summed E-state index contributed by atoms with van der Waals surface area (Å²) >= 11 is 0. The van der Waals surface area contributed by atoms with Crippen molar-refractivity contribution < 1.29 is 19.4 Å². The van der Waals surface area contributed by atoms with Crippen molar-refractivity contribution in [3.63, 3.8) is 0 Å². The highest BCUT2D eigenvalue weighted by Crippen LogP contribution is 2.40. The first-order valence-electron chi connectivity index (χ1n) is 13.1. The molecule has 1 N–H and O–H groups in total. The van der Waals surface area contributed by atoms with Crippen molar-refractivity contribution in [2.45, 2.75) is 59.4 Å². The van der Waals surface area contributed by atoms with Crippen LogP contribution in [0.1, 0.15) is 69.3 Å². The van der Waals surface area contributed by atoms with Crippen molar-refractivity contribution in [3.05, 3.63) is 70.3 Å². The Labute approximate surface area is 221 Å². The molecule has 6 nitrogen and oxygen atoms in total. The molecule has 1 fully saturated rings. The van der Waals surface area contributed by atoms with Crippen LogP contribution < -0.4 is 4.74 Å². The number of aliphatic hydroxyl groups excluding tert-OH is 1. The van der Waals surface area contributed by atoms with Gasteiger partial charge in [0.2, 0.25) is 0 Å². The lowest BCUT2D eigenvalue weighted by Crippen LogP contribution is -2.32. The summed E-state index contributed by atoms with van der Waals surface area (Å²) in [6.07, 6.45) is 0.720. The molecular formula is C31H42N2O4. The summed E-state index contributed by atoms with van der Waals surface area (Å²) in [6.45, 7) is 14.3. The zero-order valence-corrected chi connectivity index (χ0v) is 23.6. The van der Waals surface area contributed by atoms with E-state index in [2.05, 4.69) is 39.5 Å². The van der Waals surface area contributed by atoms with E-state index in [4.69, 9.17) is 4.74 Å². The number of carbonyl (C=O) groups excluding carboxylic acids is 2. The summed E-state index contributed by atoms with van der Waals surface area (Å²) in [5.74, 6) is -0.245. The predicted octanol–water partition coefficient (Wildman–Crippen LogP) is 5.70. The molecule has 37 heavy (non-hydrogen) atoms. The Morgan fingerprint density at radius 2 is 1.73 bits per heavy atom. The second kappa shape index (κ2) is 11.5. The maximum atomic E-state index is 13.3. The van der Waals surface area contributed by atoms with E-state index < -0.39 is 17.7 Å². The van der Waals surface area contributed by atoms with Gasteiger partial charge in [0.1, 0.15) is 11.5 Å². The van der Waals surface area contributed by atoms with Crippen LogP contribution >= 0.6 is 0 Å². The Morgan fingerprint density at radius 1 is 1.08 bits per heavy atom. The Balaban J connectivity index is 2.06. The molecule has 2 aromatic rings. The Bertz CT molecular complexity index is 1160. The molecule has 1 atom stereocenters. The van der Waals surface area contributed by atoms with Gasteiger partial charge in [0, 0.05) is 12.1 Å². The maximum Gasteiger partial charge on any atom is 0.295 e. The number of aryl methyl sites for hydroxylation is 1. The summed E-state index contributed by atoms with van der Waals surface area (Å²) in [4.78, 5) is 30.2. The molecule has 1 aliphatic rings. The molecule has 0 unspecified atom stereocenters. The lowest BCUT2D eigenvalue weighted by molar-refractivity contribution is -0.139. The molecule has 200 valence electrons. The highest BCUT2D eigenvalue weighted by atomic mass is 16.5. The van der Waals surface area contributed by atoms with E-state index in [-0.39, 0.29) is 16.7 Å². The van der Waals surface area contributed by atoms with Crippen LogP contribution in [0.3, 0.4) is 0 Å². The molecule has 0 spiro atoms. The highest BCUT2D eigenvalue weighted by molar-refractivity contribution is 6.46. The van der Waals surface area contributed by atoms with E-state index in [1.165, 1.54) is 0 Å². The van der Waals surface area contributed by atoms with Gasteiger partial charge in [0.25, 0.3) is 11.7 Å². The van der Waals surface area contributed by atoms with Crippen molar-refractivity contribution in [1.29, 1.82) is 0 Å². The minimum absolute atomic E-state index is 0.0248. The summed E-state index contributed by atoms with van der Waals surface area (Å²) in [6, 6.07) is 12.7. The standard InChI is InChI=1S/C31H42N2O4/c1-20(2)19-37-25-15-12-23(18-21(25)3)28(34)26-27(22-10-13-24(14-11-22)31(4,5)6)33(30(36)29(26)35)17-9-16-32(7)8/h10-15,18,20,27,34H,9,16-17,19H2,1-8H3/t27-/m1/s1. The number of nitrogens with zero attached hydrogens (tertiary/aromatic N) is 2. The van der Waals surface area contributed by atoms with E-state index in [1.807, 2.05) is 57.4 Å². The predicted molar refractivity (Wildman–Crippen MR) is 149 cm³/mol. The number of likely N-dealkylation sites (tertiary alicyclic amines) is 1. The van der Waals surface area contributed by atoms with Gasteiger partial charge in [0.15, 0.2) is 0 Å². The maximum absolute atomic E-state index is 13.3. The summed E-state index contributed by atoms with van der Waals surface area (Å²) in [7, 11) is 3.96. The summed E-state index contributed by atoms with van der Waals surface area (Å²) in [5, 5.41) is 11.4. The van der Waals surface area contributed by atoms with E-state index in [0.717, 1.165) is 35.4 Å². The van der Waals surface area contributed by atoms with Gasteiger partial charge in [-0.05, 0) is 80.2 Å². The van der Waals surface area contributed by atoms with E-state index in [1.54, 1.807) is 11.0 Å². The van der Waals surface area contributed by atoms with E-state index in [0.29, 0.717) is 24.6 Å². The normalized spacial score (nSPS) is 17.8. The average Bonchev–Trinajstić information content (AvgIpc) is 3.07. The van der Waals surface area contributed by atoms with Crippen molar-refractivity contribution in [2.24, 2.45) is 5.92 Å². The molecule has 1 aliphatic heterocycles. The van der Waals surface area contributed by atoms with Crippen LogP contribution in [0, 0.1) is 12.8 Å². The average molecular weight is 507 g/mol. The van der Waals surface area contributed by atoms with Crippen LogP contribution in [0.25, 0.3) is 5.76 Å². The smallest absolute Gasteiger partial charge is 0.295 e. The topological polar surface area (TPSA) is 70.1 Å². The van der Waals surface area contributed by atoms with Crippen molar-refractivity contribution in [2.75, 3.05) is 33.8 Å². The van der Waals surface area contributed by atoms with Crippen molar-refractivity contribution in [1.82, 2.24) is 9.80 Å². The van der Waals surface area contributed by atoms with Gasteiger partial charge in [-0.15, -0.1) is 0 Å². The first-order valence-corrected chi connectivity index (χ1v) is 13.1. The van der Waals surface area contributed by atoms with Gasteiger partial charge in [0.05, 0.1) is 18.2 Å². The third-order valence-electron chi connectivity index (χ3n) is 6.66. The number of ketones is 1. The second-order valence-electron chi connectivity index (χ2n) is 11.7. The molecule has 0 aliphatic carbocycles.